The van der Waals surface area contributed by atoms with Gasteiger partial charge in [0.25, 0.3) is 11.5 Å². The van der Waals surface area contributed by atoms with Gasteiger partial charge in [0.05, 0.1) is 12.3 Å². The average molecular weight is 350 g/mol. The predicted molar refractivity (Wildman–Crippen MR) is 96.4 cm³/mol. The van der Waals surface area contributed by atoms with Crippen LogP contribution >= 0.6 is 0 Å². The summed E-state index contributed by atoms with van der Waals surface area (Å²) in [6, 6.07) is 15.3. The highest BCUT2D eigenvalue weighted by Crippen LogP contribution is 2.14. The van der Waals surface area contributed by atoms with E-state index < -0.39 is 0 Å². The van der Waals surface area contributed by atoms with Crippen LogP contribution in [0.1, 0.15) is 23.0 Å². The second-order valence-corrected chi connectivity index (χ2v) is 5.39. The zero-order valence-electron chi connectivity index (χ0n) is 14.3. The van der Waals surface area contributed by atoms with Crippen LogP contribution in [0.4, 0.5) is 0 Å². The summed E-state index contributed by atoms with van der Waals surface area (Å²) in [5, 5.41) is 6.93. The van der Waals surface area contributed by atoms with Crippen molar-refractivity contribution in [3.8, 4) is 11.6 Å². The fraction of sp³-hybridized carbons (Fsp3) is 0.158. The molecule has 1 N–H and O–H groups in total. The molecule has 0 atom stereocenters. The van der Waals surface area contributed by atoms with Gasteiger partial charge in [0.2, 0.25) is 5.88 Å². The minimum atomic E-state index is -0.388. The summed E-state index contributed by atoms with van der Waals surface area (Å²) in [4.78, 5) is 28.6. The van der Waals surface area contributed by atoms with Gasteiger partial charge in [-0.05, 0) is 31.2 Å². The molecule has 0 fully saturated rings. The average Bonchev–Trinajstić information content (AvgIpc) is 2.68. The van der Waals surface area contributed by atoms with Gasteiger partial charge >= 0.3 is 0 Å². The Kier molecular flexibility index (Phi) is 5.38. The van der Waals surface area contributed by atoms with Crippen LogP contribution in [0.2, 0.25) is 0 Å². The van der Waals surface area contributed by atoms with Crippen LogP contribution in [-0.2, 0) is 6.54 Å². The zero-order chi connectivity index (χ0) is 18.4. The maximum absolute atomic E-state index is 12.4. The van der Waals surface area contributed by atoms with Gasteiger partial charge in [-0.2, -0.15) is 9.78 Å². The molecule has 0 spiro atoms. The number of benzene rings is 1. The van der Waals surface area contributed by atoms with E-state index in [9.17, 15) is 9.59 Å². The van der Waals surface area contributed by atoms with E-state index in [0.717, 1.165) is 5.56 Å². The van der Waals surface area contributed by atoms with Gasteiger partial charge in [-0.1, -0.05) is 24.3 Å². The van der Waals surface area contributed by atoms with Crippen molar-refractivity contribution in [3.05, 3.63) is 82.4 Å². The normalized spacial score (nSPS) is 10.3. The molecule has 0 aliphatic heterocycles. The van der Waals surface area contributed by atoms with Gasteiger partial charge in [-0.15, -0.1) is 0 Å². The van der Waals surface area contributed by atoms with Crippen molar-refractivity contribution < 1.29 is 9.53 Å². The molecule has 0 unspecified atom stereocenters. The molecular formula is C19H18N4O3. The standard InChI is InChI=1S/C19H18N4O3/c1-2-26-19-14(7-6-12-20-19)13-21-18(25)16-10-11-17(24)23(22-16)15-8-4-3-5-9-15/h3-12H,2,13H2,1H3,(H,21,25). The lowest BCUT2D eigenvalue weighted by Gasteiger charge is -2.10. The van der Waals surface area contributed by atoms with Crippen molar-refractivity contribution in [1.29, 1.82) is 0 Å². The van der Waals surface area contributed by atoms with E-state index in [-0.39, 0.29) is 23.7 Å². The first-order valence-corrected chi connectivity index (χ1v) is 8.19. The fourth-order valence-electron chi connectivity index (χ4n) is 2.38. The highest BCUT2D eigenvalue weighted by atomic mass is 16.5. The van der Waals surface area contributed by atoms with E-state index in [2.05, 4.69) is 15.4 Å². The Labute approximate surface area is 150 Å². The quantitative estimate of drug-likeness (QED) is 0.734. The van der Waals surface area contributed by atoms with Crippen molar-refractivity contribution >= 4 is 5.91 Å². The van der Waals surface area contributed by atoms with Crippen LogP contribution in [0, 0.1) is 0 Å². The van der Waals surface area contributed by atoms with E-state index in [1.165, 1.54) is 16.8 Å². The number of ether oxygens (including phenoxy) is 1. The number of aromatic nitrogens is 3. The van der Waals surface area contributed by atoms with Crippen molar-refractivity contribution in [2.75, 3.05) is 6.61 Å². The van der Waals surface area contributed by atoms with Crippen molar-refractivity contribution in [3.63, 3.8) is 0 Å². The number of amides is 1. The van der Waals surface area contributed by atoms with Crippen LogP contribution in [0.3, 0.4) is 0 Å². The van der Waals surface area contributed by atoms with Crippen LogP contribution in [0.5, 0.6) is 5.88 Å². The Hall–Kier alpha value is -3.48. The molecule has 3 rings (SSSR count). The second kappa shape index (κ2) is 8.06. The molecule has 7 nitrogen and oxygen atoms in total. The topological polar surface area (TPSA) is 86.1 Å². The lowest BCUT2D eigenvalue weighted by molar-refractivity contribution is 0.0943. The monoisotopic (exact) mass is 350 g/mol. The van der Waals surface area contributed by atoms with E-state index >= 15 is 0 Å². The van der Waals surface area contributed by atoms with Crippen molar-refractivity contribution in [1.82, 2.24) is 20.1 Å². The van der Waals surface area contributed by atoms with Crippen LogP contribution < -0.4 is 15.6 Å². The minimum Gasteiger partial charge on any atom is -0.478 e. The van der Waals surface area contributed by atoms with Crippen molar-refractivity contribution in [2.45, 2.75) is 13.5 Å². The first-order chi connectivity index (χ1) is 12.7. The van der Waals surface area contributed by atoms with Crippen LogP contribution in [0.25, 0.3) is 5.69 Å². The van der Waals surface area contributed by atoms with Gasteiger partial charge in [-0.3, -0.25) is 9.59 Å². The Balaban J connectivity index is 1.78. The number of carbonyl (C=O) groups excluding carboxylic acids is 1. The highest BCUT2D eigenvalue weighted by Gasteiger charge is 2.12. The molecule has 0 saturated heterocycles. The Morgan fingerprint density at radius 2 is 1.92 bits per heavy atom. The van der Waals surface area contributed by atoms with Gasteiger partial charge in [0.1, 0.15) is 5.69 Å². The Morgan fingerprint density at radius 1 is 1.12 bits per heavy atom. The van der Waals surface area contributed by atoms with Gasteiger partial charge < -0.3 is 10.1 Å². The predicted octanol–water partition coefficient (Wildman–Crippen LogP) is 1.96. The maximum atomic E-state index is 12.4. The summed E-state index contributed by atoms with van der Waals surface area (Å²) in [5.74, 6) is 0.0958. The molecule has 0 aliphatic rings. The fourth-order valence-corrected chi connectivity index (χ4v) is 2.38. The van der Waals surface area contributed by atoms with E-state index in [4.69, 9.17) is 4.74 Å². The molecule has 2 heterocycles. The summed E-state index contributed by atoms with van der Waals surface area (Å²) in [5.41, 5.74) is 1.20. The lowest BCUT2D eigenvalue weighted by atomic mass is 10.2. The molecule has 0 radical (unpaired) electrons. The molecule has 132 valence electrons. The maximum Gasteiger partial charge on any atom is 0.272 e. The summed E-state index contributed by atoms with van der Waals surface area (Å²) < 4.78 is 6.64. The molecule has 2 aromatic heterocycles. The Bertz CT molecular complexity index is 954. The molecule has 1 aromatic carbocycles. The van der Waals surface area contributed by atoms with Gasteiger partial charge in [0.15, 0.2) is 0 Å². The molecule has 0 saturated carbocycles. The smallest absolute Gasteiger partial charge is 0.272 e. The third-order valence-electron chi connectivity index (χ3n) is 3.60. The first-order valence-electron chi connectivity index (χ1n) is 8.19. The third-order valence-corrected chi connectivity index (χ3v) is 3.60. The molecular weight excluding hydrogens is 332 g/mol. The summed E-state index contributed by atoms with van der Waals surface area (Å²) >= 11 is 0. The highest BCUT2D eigenvalue weighted by molar-refractivity contribution is 5.92. The number of nitrogens with zero attached hydrogens (tertiary/aromatic N) is 3. The van der Waals surface area contributed by atoms with Crippen molar-refractivity contribution in [2.24, 2.45) is 0 Å². The lowest BCUT2D eigenvalue weighted by Crippen LogP contribution is -2.28. The number of pyridine rings is 1. The van der Waals surface area contributed by atoms with E-state index in [0.29, 0.717) is 18.2 Å². The van der Waals surface area contributed by atoms with E-state index in [1.807, 2.05) is 19.1 Å². The zero-order valence-corrected chi connectivity index (χ0v) is 14.3. The SMILES string of the molecule is CCOc1ncccc1CNC(=O)c1ccc(=O)n(-c2ccccc2)n1. The second-order valence-electron chi connectivity index (χ2n) is 5.39. The summed E-state index contributed by atoms with van der Waals surface area (Å²) in [6.07, 6.45) is 1.63. The Morgan fingerprint density at radius 3 is 2.69 bits per heavy atom. The molecule has 26 heavy (non-hydrogen) atoms. The number of rotatable bonds is 6. The summed E-state index contributed by atoms with van der Waals surface area (Å²) in [6.45, 7) is 2.60. The molecule has 0 aliphatic carbocycles. The number of hydrogen-bond acceptors (Lipinski definition) is 5. The summed E-state index contributed by atoms with van der Waals surface area (Å²) in [7, 11) is 0. The molecule has 1 amide bonds. The number of hydrogen-bond donors (Lipinski definition) is 1. The first kappa shape index (κ1) is 17.3. The molecule has 0 bridgehead atoms. The molecule has 3 aromatic rings. The number of para-hydroxylation sites is 1. The molecule has 7 heteroatoms. The largest absolute Gasteiger partial charge is 0.478 e. The number of nitrogens with one attached hydrogen (secondary N) is 1. The number of carbonyl (C=O) groups is 1. The van der Waals surface area contributed by atoms with Crippen LogP contribution in [-0.4, -0.2) is 27.3 Å². The van der Waals surface area contributed by atoms with Gasteiger partial charge in [0, 0.05) is 24.4 Å². The third kappa shape index (κ3) is 3.94. The van der Waals surface area contributed by atoms with E-state index in [1.54, 1.807) is 36.5 Å². The van der Waals surface area contributed by atoms with Gasteiger partial charge in [-0.25, -0.2) is 4.98 Å². The minimum absolute atomic E-state index is 0.148. The van der Waals surface area contributed by atoms with Crippen LogP contribution in [0.15, 0.2) is 65.6 Å².